The summed E-state index contributed by atoms with van der Waals surface area (Å²) >= 11 is 0. The molecule has 1 saturated heterocycles. The second-order valence-corrected chi connectivity index (χ2v) is 8.05. The highest BCUT2D eigenvalue weighted by Crippen LogP contribution is 2.16. The second kappa shape index (κ2) is 10.6. The van der Waals surface area contributed by atoms with Crippen molar-refractivity contribution in [1.29, 1.82) is 0 Å². The maximum Gasteiger partial charge on any atom is 0.222 e. The smallest absolute Gasteiger partial charge is 0.222 e. The van der Waals surface area contributed by atoms with Crippen LogP contribution in [-0.2, 0) is 14.6 Å². The topological polar surface area (TPSA) is 75.7 Å². The first-order chi connectivity index (χ1) is 11.5. The summed E-state index contributed by atoms with van der Waals surface area (Å²) in [5.74, 6) is 0.864. The zero-order valence-electron chi connectivity index (χ0n) is 14.6. The van der Waals surface area contributed by atoms with Crippen LogP contribution < -0.4 is 10.1 Å². The SMILES string of the molecule is CS(=O)(=O)c1ccc(OCCCCC(=O)N2CCCNCC2)cc1.Cl. The molecule has 25 heavy (non-hydrogen) atoms. The van der Waals surface area contributed by atoms with Crippen molar-refractivity contribution in [1.82, 2.24) is 10.2 Å². The van der Waals surface area contributed by atoms with E-state index in [2.05, 4.69) is 5.32 Å². The number of benzene rings is 1. The third-order valence-electron chi connectivity index (χ3n) is 4.00. The predicted molar refractivity (Wildman–Crippen MR) is 100 cm³/mol. The summed E-state index contributed by atoms with van der Waals surface area (Å²) in [6.45, 7) is 4.01. The average molecular weight is 391 g/mol. The first-order valence-electron chi connectivity index (χ1n) is 8.38. The second-order valence-electron chi connectivity index (χ2n) is 6.03. The van der Waals surface area contributed by atoms with Gasteiger partial charge in [-0.15, -0.1) is 12.4 Å². The lowest BCUT2D eigenvalue weighted by Gasteiger charge is -2.19. The number of unbranched alkanes of at least 4 members (excludes halogenated alkanes) is 1. The van der Waals surface area contributed by atoms with E-state index in [1.807, 2.05) is 4.90 Å². The number of amides is 1. The van der Waals surface area contributed by atoms with Crippen LogP contribution in [0.4, 0.5) is 0 Å². The molecule has 142 valence electrons. The van der Waals surface area contributed by atoms with Crippen molar-refractivity contribution in [2.24, 2.45) is 0 Å². The Hall–Kier alpha value is -1.31. The molecule has 1 aliphatic heterocycles. The van der Waals surface area contributed by atoms with E-state index >= 15 is 0 Å². The van der Waals surface area contributed by atoms with Gasteiger partial charge in [0.25, 0.3) is 0 Å². The number of carbonyl (C=O) groups is 1. The Morgan fingerprint density at radius 3 is 2.56 bits per heavy atom. The van der Waals surface area contributed by atoms with Gasteiger partial charge in [-0.3, -0.25) is 4.79 Å². The largest absolute Gasteiger partial charge is 0.494 e. The Kier molecular flexibility index (Phi) is 9.24. The predicted octanol–water partition coefficient (Wildman–Crippen LogP) is 1.88. The lowest BCUT2D eigenvalue weighted by atomic mass is 10.2. The molecule has 0 aromatic heterocycles. The third-order valence-corrected chi connectivity index (χ3v) is 5.13. The molecule has 1 aromatic carbocycles. The van der Waals surface area contributed by atoms with Gasteiger partial charge in [0.15, 0.2) is 9.84 Å². The Morgan fingerprint density at radius 2 is 1.88 bits per heavy atom. The molecule has 6 nitrogen and oxygen atoms in total. The molecule has 1 aromatic rings. The Bertz CT molecular complexity index is 627. The van der Waals surface area contributed by atoms with Crippen LogP contribution in [0.25, 0.3) is 0 Å². The lowest BCUT2D eigenvalue weighted by Crippen LogP contribution is -2.34. The summed E-state index contributed by atoms with van der Waals surface area (Å²) < 4.78 is 28.3. The van der Waals surface area contributed by atoms with Crippen LogP contribution >= 0.6 is 12.4 Å². The van der Waals surface area contributed by atoms with Crippen LogP contribution in [0, 0.1) is 0 Å². The fraction of sp³-hybridized carbons (Fsp3) is 0.588. The van der Waals surface area contributed by atoms with Crippen LogP contribution in [0.15, 0.2) is 29.2 Å². The van der Waals surface area contributed by atoms with Crippen LogP contribution in [0.1, 0.15) is 25.7 Å². The van der Waals surface area contributed by atoms with Gasteiger partial charge in [0.05, 0.1) is 11.5 Å². The molecule has 0 unspecified atom stereocenters. The minimum atomic E-state index is -3.17. The van der Waals surface area contributed by atoms with E-state index < -0.39 is 9.84 Å². The number of nitrogens with zero attached hydrogens (tertiary/aromatic N) is 1. The Balaban J connectivity index is 0.00000312. The number of hydrogen-bond acceptors (Lipinski definition) is 5. The minimum absolute atomic E-state index is 0. The number of ether oxygens (including phenoxy) is 1. The van der Waals surface area contributed by atoms with Gasteiger partial charge in [-0.2, -0.15) is 0 Å². The Morgan fingerprint density at radius 1 is 1.16 bits per heavy atom. The van der Waals surface area contributed by atoms with Crippen molar-refractivity contribution in [3.05, 3.63) is 24.3 Å². The fourth-order valence-corrected chi connectivity index (χ4v) is 3.24. The van der Waals surface area contributed by atoms with Gasteiger partial charge in [-0.25, -0.2) is 8.42 Å². The van der Waals surface area contributed by atoms with Gasteiger partial charge in [0, 0.05) is 32.3 Å². The monoisotopic (exact) mass is 390 g/mol. The van der Waals surface area contributed by atoms with Gasteiger partial charge in [-0.1, -0.05) is 0 Å². The van der Waals surface area contributed by atoms with Crippen molar-refractivity contribution >= 4 is 28.2 Å². The van der Waals surface area contributed by atoms with Crippen molar-refractivity contribution in [2.45, 2.75) is 30.6 Å². The molecule has 1 heterocycles. The highest BCUT2D eigenvalue weighted by Gasteiger charge is 2.14. The van der Waals surface area contributed by atoms with E-state index in [0.717, 1.165) is 45.4 Å². The van der Waals surface area contributed by atoms with Crippen LogP contribution in [0.2, 0.25) is 0 Å². The van der Waals surface area contributed by atoms with E-state index in [0.29, 0.717) is 18.8 Å². The van der Waals surface area contributed by atoms with Crippen LogP contribution in [-0.4, -0.2) is 58.3 Å². The van der Waals surface area contributed by atoms with Crippen molar-refractivity contribution in [2.75, 3.05) is 39.0 Å². The summed E-state index contributed by atoms with van der Waals surface area (Å²) in [5.41, 5.74) is 0. The molecule has 0 saturated carbocycles. The van der Waals surface area contributed by atoms with Crippen molar-refractivity contribution < 1.29 is 17.9 Å². The molecule has 1 aliphatic rings. The molecule has 0 radical (unpaired) electrons. The lowest BCUT2D eigenvalue weighted by molar-refractivity contribution is -0.131. The van der Waals surface area contributed by atoms with Gasteiger partial charge >= 0.3 is 0 Å². The van der Waals surface area contributed by atoms with Gasteiger partial charge < -0.3 is 15.0 Å². The molecule has 1 N–H and O–H groups in total. The highest BCUT2D eigenvalue weighted by atomic mass is 35.5. The maximum atomic E-state index is 12.1. The minimum Gasteiger partial charge on any atom is -0.494 e. The number of halogens is 1. The van der Waals surface area contributed by atoms with E-state index in [4.69, 9.17) is 4.74 Å². The summed E-state index contributed by atoms with van der Waals surface area (Å²) in [6, 6.07) is 6.40. The van der Waals surface area contributed by atoms with Gasteiger partial charge in [-0.05, 0) is 50.1 Å². The molecule has 0 spiro atoms. The number of nitrogens with one attached hydrogen (secondary N) is 1. The molecule has 0 aliphatic carbocycles. The average Bonchev–Trinajstić information content (AvgIpc) is 2.83. The van der Waals surface area contributed by atoms with Gasteiger partial charge in [0.2, 0.25) is 5.91 Å². The fourth-order valence-electron chi connectivity index (χ4n) is 2.60. The molecule has 8 heteroatoms. The zero-order valence-corrected chi connectivity index (χ0v) is 16.2. The number of carbonyl (C=O) groups excluding carboxylic acids is 1. The summed E-state index contributed by atoms with van der Waals surface area (Å²) in [6.07, 6.45) is 4.34. The van der Waals surface area contributed by atoms with E-state index in [1.54, 1.807) is 24.3 Å². The molecular weight excluding hydrogens is 364 g/mol. The molecule has 1 fully saturated rings. The molecule has 0 atom stereocenters. The van der Waals surface area contributed by atoms with Gasteiger partial charge in [0.1, 0.15) is 5.75 Å². The summed E-state index contributed by atoms with van der Waals surface area (Å²) in [7, 11) is -3.17. The molecule has 0 bridgehead atoms. The molecule has 2 rings (SSSR count). The van der Waals surface area contributed by atoms with Crippen molar-refractivity contribution in [3.8, 4) is 5.75 Å². The van der Waals surface area contributed by atoms with E-state index in [1.165, 1.54) is 6.26 Å². The molecule has 1 amide bonds. The summed E-state index contributed by atoms with van der Waals surface area (Å²) in [4.78, 5) is 14.3. The summed E-state index contributed by atoms with van der Waals surface area (Å²) in [5, 5.41) is 3.29. The van der Waals surface area contributed by atoms with Crippen molar-refractivity contribution in [3.63, 3.8) is 0 Å². The van der Waals surface area contributed by atoms with Crippen LogP contribution in [0.5, 0.6) is 5.75 Å². The standard InChI is InChI=1S/C17H26N2O4S.ClH/c1-24(21,22)16-8-6-15(7-9-16)23-14-3-2-5-17(20)19-12-4-10-18-11-13-19;/h6-9,18H,2-5,10-14H2,1H3;1H. The highest BCUT2D eigenvalue weighted by molar-refractivity contribution is 7.90. The first-order valence-corrected chi connectivity index (χ1v) is 10.3. The third kappa shape index (κ3) is 7.63. The number of rotatable bonds is 7. The maximum absolute atomic E-state index is 12.1. The number of sulfone groups is 1. The normalized spacial score (nSPS) is 15.2. The van der Waals surface area contributed by atoms with Crippen LogP contribution in [0.3, 0.4) is 0 Å². The first kappa shape index (κ1) is 21.7. The Labute approximate surface area is 156 Å². The zero-order chi connectivity index (χ0) is 17.4. The molecular formula is C17H27ClN2O4S. The quantitative estimate of drug-likeness (QED) is 0.719. The number of hydrogen-bond donors (Lipinski definition) is 1. The van der Waals surface area contributed by atoms with E-state index in [-0.39, 0.29) is 23.2 Å². The van der Waals surface area contributed by atoms with E-state index in [9.17, 15) is 13.2 Å².